The number of methoxy groups -OCH3 is 1. The van der Waals surface area contributed by atoms with Gasteiger partial charge in [0.1, 0.15) is 11.5 Å². The number of oxime groups is 1. The number of ketones is 1. The summed E-state index contributed by atoms with van der Waals surface area (Å²) in [6.07, 6.45) is 1.40. The van der Waals surface area contributed by atoms with E-state index in [9.17, 15) is 9.18 Å². The lowest BCUT2D eigenvalue weighted by Gasteiger charge is -2.18. The summed E-state index contributed by atoms with van der Waals surface area (Å²) in [5.74, 6) is -1.02. The van der Waals surface area contributed by atoms with E-state index in [1.807, 2.05) is 0 Å². The lowest BCUT2D eigenvalue weighted by Crippen LogP contribution is -2.24. The van der Waals surface area contributed by atoms with Crippen LogP contribution in [-0.2, 0) is 0 Å². The Labute approximate surface area is 112 Å². The fourth-order valence-electron chi connectivity index (χ4n) is 2.11. The molecule has 20 heavy (non-hydrogen) atoms. The molecule has 1 aliphatic carbocycles. The zero-order valence-electron chi connectivity index (χ0n) is 10.3. The zero-order valence-corrected chi connectivity index (χ0v) is 10.3. The van der Waals surface area contributed by atoms with Gasteiger partial charge in [-0.3, -0.25) is 4.79 Å². The Balaban J connectivity index is 2.36. The zero-order chi connectivity index (χ0) is 14.3. The smallest absolute Gasteiger partial charge is 0.316 e. The summed E-state index contributed by atoms with van der Waals surface area (Å²) >= 11 is 0. The van der Waals surface area contributed by atoms with E-state index in [0.717, 1.165) is 0 Å². The number of ether oxygens (including phenoxy) is 1. The summed E-state index contributed by atoms with van der Waals surface area (Å²) in [5.41, 5.74) is 0.899. The molecule has 0 fully saturated rings. The number of hydrogen-bond acceptors (Lipinski definition) is 6. The quantitative estimate of drug-likeness (QED) is 0.631. The number of halogens is 1. The Morgan fingerprint density at radius 2 is 2.10 bits per heavy atom. The summed E-state index contributed by atoms with van der Waals surface area (Å²) in [6, 6.07) is 3.75. The predicted octanol–water partition coefficient (Wildman–Crippen LogP) is 1.67. The topological polar surface area (TPSA) is 84.7 Å². The van der Waals surface area contributed by atoms with Gasteiger partial charge in [0.25, 0.3) is 0 Å². The van der Waals surface area contributed by atoms with Gasteiger partial charge in [-0.2, -0.15) is 4.98 Å². The second-order valence-electron chi connectivity index (χ2n) is 4.09. The molecule has 0 spiro atoms. The molecule has 6 nitrogen and oxygen atoms in total. The Kier molecular flexibility index (Phi) is 2.67. The minimum absolute atomic E-state index is 0.0255. The summed E-state index contributed by atoms with van der Waals surface area (Å²) < 4.78 is 18.3. The molecule has 3 rings (SSSR count). The molecule has 100 valence electrons. The van der Waals surface area contributed by atoms with E-state index in [-0.39, 0.29) is 23.0 Å². The van der Waals surface area contributed by atoms with Crippen molar-refractivity contribution in [3.05, 3.63) is 41.5 Å². The third-order valence-corrected chi connectivity index (χ3v) is 3.01. The Bertz CT molecular complexity index is 759. The largest absolute Gasteiger partial charge is 0.467 e. The molecule has 1 heterocycles. The van der Waals surface area contributed by atoms with Crippen LogP contribution < -0.4 is 4.74 Å². The van der Waals surface area contributed by atoms with Crippen LogP contribution in [-0.4, -0.2) is 33.8 Å². The van der Waals surface area contributed by atoms with E-state index < -0.39 is 11.6 Å². The van der Waals surface area contributed by atoms with Crippen molar-refractivity contribution in [3.8, 4) is 17.1 Å². The highest BCUT2D eigenvalue weighted by Crippen LogP contribution is 2.33. The summed E-state index contributed by atoms with van der Waals surface area (Å²) in [5, 5.41) is 12.0. The van der Waals surface area contributed by atoms with Gasteiger partial charge in [0.05, 0.1) is 7.11 Å². The SMILES string of the molecule is COc1ncc2c(n1)C(=NO)C(=O)c1ccc(F)cc1-2. The van der Waals surface area contributed by atoms with Gasteiger partial charge >= 0.3 is 6.01 Å². The highest BCUT2D eigenvalue weighted by molar-refractivity contribution is 6.54. The molecule has 0 aliphatic heterocycles. The second kappa shape index (κ2) is 4.37. The van der Waals surface area contributed by atoms with Gasteiger partial charge in [-0.05, 0) is 23.8 Å². The molecule has 0 bridgehead atoms. The first kappa shape index (κ1) is 12.2. The van der Waals surface area contributed by atoms with Crippen LogP contribution in [0.3, 0.4) is 0 Å². The van der Waals surface area contributed by atoms with Crippen LogP contribution in [0.1, 0.15) is 16.1 Å². The number of Topliss-reactive ketones (excluding diaryl/α,β-unsaturated/α-hetero) is 1. The maximum absolute atomic E-state index is 13.4. The average Bonchev–Trinajstić information content (AvgIpc) is 2.47. The molecule has 0 amide bonds. The number of rotatable bonds is 1. The normalized spacial score (nSPS) is 14.9. The Morgan fingerprint density at radius 1 is 1.30 bits per heavy atom. The summed E-state index contributed by atoms with van der Waals surface area (Å²) in [4.78, 5) is 20.1. The van der Waals surface area contributed by atoms with Gasteiger partial charge < -0.3 is 9.94 Å². The third-order valence-electron chi connectivity index (χ3n) is 3.01. The second-order valence-corrected chi connectivity index (χ2v) is 4.09. The van der Waals surface area contributed by atoms with Crippen LogP contribution in [0.5, 0.6) is 6.01 Å². The molecule has 1 aromatic carbocycles. The van der Waals surface area contributed by atoms with Crippen LogP contribution in [0.25, 0.3) is 11.1 Å². The molecule has 1 N–H and O–H groups in total. The lowest BCUT2D eigenvalue weighted by atomic mass is 9.87. The monoisotopic (exact) mass is 273 g/mol. The van der Waals surface area contributed by atoms with Gasteiger partial charge in [0.15, 0.2) is 5.71 Å². The number of aromatic nitrogens is 2. The molecule has 1 aliphatic rings. The number of nitrogens with zero attached hydrogens (tertiary/aromatic N) is 3. The van der Waals surface area contributed by atoms with Crippen LogP contribution in [0.2, 0.25) is 0 Å². The number of carbonyl (C=O) groups is 1. The first-order valence-electron chi connectivity index (χ1n) is 5.63. The van der Waals surface area contributed by atoms with Crippen molar-refractivity contribution in [2.45, 2.75) is 0 Å². The number of hydrogen-bond donors (Lipinski definition) is 1. The standard InChI is InChI=1S/C13H8FN3O3/c1-20-13-15-5-9-8-4-6(14)2-3-7(8)12(18)11(17-19)10(9)16-13/h2-5,19H,1H3. The van der Waals surface area contributed by atoms with Gasteiger partial charge in [-0.25, -0.2) is 9.37 Å². The van der Waals surface area contributed by atoms with E-state index in [0.29, 0.717) is 11.1 Å². The highest BCUT2D eigenvalue weighted by Gasteiger charge is 2.31. The van der Waals surface area contributed by atoms with Crippen LogP contribution in [0.15, 0.2) is 29.6 Å². The van der Waals surface area contributed by atoms with Crippen molar-refractivity contribution >= 4 is 11.5 Å². The van der Waals surface area contributed by atoms with Crippen molar-refractivity contribution in [2.75, 3.05) is 7.11 Å². The highest BCUT2D eigenvalue weighted by atomic mass is 19.1. The lowest BCUT2D eigenvalue weighted by molar-refractivity contribution is 0.106. The molecule has 1 aromatic heterocycles. The molecule has 0 radical (unpaired) electrons. The molecule has 2 aromatic rings. The molecule has 0 atom stereocenters. The van der Waals surface area contributed by atoms with Gasteiger partial charge in [-0.15, -0.1) is 0 Å². The van der Waals surface area contributed by atoms with Gasteiger partial charge in [0, 0.05) is 17.3 Å². The van der Waals surface area contributed by atoms with Crippen molar-refractivity contribution in [1.29, 1.82) is 0 Å². The van der Waals surface area contributed by atoms with E-state index in [1.165, 1.54) is 31.5 Å². The summed E-state index contributed by atoms with van der Waals surface area (Å²) in [7, 11) is 1.37. The van der Waals surface area contributed by atoms with Gasteiger partial charge in [0.2, 0.25) is 5.78 Å². The average molecular weight is 273 g/mol. The number of carbonyl (C=O) groups excluding carboxylic acids is 1. The van der Waals surface area contributed by atoms with Crippen LogP contribution in [0, 0.1) is 5.82 Å². The van der Waals surface area contributed by atoms with Crippen molar-refractivity contribution in [3.63, 3.8) is 0 Å². The minimum Gasteiger partial charge on any atom is -0.467 e. The van der Waals surface area contributed by atoms with E-state index in [1.54, 1.807) is 0 Å². The first-order valence-corrected chi connectivity index (χ1v) is 5.63. The van der Waals surface area contributed by atoms with E-state index in [2.05, 4.69) is 15.1 Å². The van der Waals surface area contributed by atoms with Gasteiger partial charge in [-0.1, -0.05) is 5.16 Å². The first-order chi connectivity index (χ1) is 9.65. The molecular formula is C13H8FN3O3. The van der Waals surface area contributed by atoms with Crippen LogP contribution >= 0.6 is 0 Å². The van der Waals surface area contributed by atoms with Crippen molar-refractivity contribution in [1.82, 2.24) is 9.97 Å². The molecule has 7 heteroatoms. The number of fused-ring (bicyclic) bond motifs is 3. The molecule has 0 saturated carbocycles. The molecular weight excluding hydrogens is 265 g/mol. The van der Waals surface area contributed by atoms with Crippen LogP contribution in [0.4, 0.5) is 4.39 Å². The fraction of sp³-hybridized carbons (Fsp3) is 0.0769. The van der Waals surface area contributed by atoms with E-state index >= 15 is 0 Å². The summed E-state index contributed by atoms with van der Waals surface area (Å²) in [6.45, 7) is 0. The maximum atomic E-state index is 13.4. The molecule has 0 saturated heterocycles. The molecule has 0 unspecified atom stereocenters. The van der Waals surface area contributed by atoms with Crippen molar-refractivity contribution in [2.24, 2.45) is 5.16 Å². The Hall–Kier alpha value is -2.83. The predicted molar refractivity (Wildman–Crippen MR) is 66.6 cm³/mol. The Morgan fingerprint density at radius 3 is 2.80 bits per heavy atom. The number of benzene rings is 1. The fourth-order valence-corrected chi connectivity index (χ4v) is 2.11. The maximum Gasteiger partial charge on any atom is 0.316 e. The third kappa shape index (κ3) is 1.63. The van der Waals surface area contributed by atoms with Crippen molar-refractivity contribution < 1.29 is 19.1 Å². The van der Waals surface area contributed by atoms with E-state index in [4.69, 9.17) is 9.94 Å². The minimum atomic E-state index is -0.532.